The molecule has 0 atom stereocenters. The Labute approximate surface area is 162 Å². The molecule has 1 aromatic carbocycles. The van der Waals surface area contributed by atoms with Gasteiger partial charge in [-0.25, -0.2) is 0 Å². The van der Waals surface area contributed by atoms with E-state index in [1.165, 1.54) is 0 Å². The van der Waals surface area contributed by atoms with Gasteiger partial charge in [0, 0.05) is 36.5 Å². The van der Waals surface area contributed by atoms with Crippen LogP contribution >= 0.6 is 11.6 Å². The average Bonchev–Trinajstić information content (AvgIpc) is 2.66. The second kappa shape index (κ2) is 10.6. The molecule has 0 radical (unpaired) electrons. The number of carbonyl (C=O) groups excluding carboxylic acids is 2. The van der Waals surface area contributed by atoms with Crippen molar-refractivity contribution in [1.29, 1.82) is 0 Å². The maximum atomic E-state index is 12.7. The standard InChI is InChI=1S/C21H31ClN2O2/c1-3-13-24(14-4-2)21(26)18-9-7-17(8-10-18)20(25)23-15-16-5-11-19(22)12-6-16/h5-6,11-12,17-18H,3-4,7-10,13-15H2,1-2H3,(H,23,25). The Hall–Kier alpha value is -1.55. The van der Waals surface area contributed by atoms with E-state index in [0.717, 1.165) is 57.2 Å². The fraction of sp³-hybridized carbons (Fsp3) is 0.619. The van der Waals surface area contributed by atoms with E-state index in [0.29, 0.717) is 11.6 Å². The van der Waals surface area contributed by atoms with Crippen LogP contribution in [0.4, 0.5) is 0 Å². The molecule has 144 valence electrons. The molecular weight excluding hydrogens is 348 g/mol. The molecule has 5 heteroatoms. The zero-order valence-corrected chi connectivity index (χ0v) is 16.7. The Morgan fingerprint density at radius 2 is 1.54 bits per heavy atom. The molecule has 0 aromatic heterocycles. The van der Waals surface area contributed by atoms with Crippen molar-refractivity contribution >= 4 is 23.4 Å². The van der Waals surface area contributed by atoms with Crippen molar-refractivity contribution in [2.24, 2.45) is 11.8 Å². The van der Waals surface area contributed by atoms with Crippen LogP contribution in [-0.4, -0.2) is 29.8 Å². The molecule has 1 saturated carbocycles. The fourth-order valence-corrected chi connectivity index (χ4v) is 3.79. The largest absolute Gasteiger partial charge is 0.352 e. The number of carbonyl (C=O) groups is 2. The molecule has 0 unspecified atom stereocenters. The predicted molar refractivity (Wildman–Crippen MR) is 106 cm³/mol. The highest BCUT2D eigenvalue weighted by atomic mass is 35.5. The van der Waals surface area contributed by atoms with Gasteiger partial charge in [0.05, 0.1) is 0 Å². The van der Waals surface area contributed by atoms with E-state index >= 15 is 0 Å². The number of benzene rings is 1. The van der Waals surface area contributed by atoms with E-state index in [-0.39, 0.29) is 23.7 Å². The minimum absolute atomic E-state index is 0.0251. The van der Waals surface area contributed by atoms with E-state index < -0.39 is 0 Å². The third-order valence-corrected chi connectivity index (χ3v) is 5.38. The number of amides is 2. The van der Waals surface area contributed by atoms with Gasteiger partial charge in [0.25, 0.3) is 0 Å². The summed E-state index contributed by atoms with van der Waals surface area (Å²) in [6.45, 7) is 6.42. The van der Waals surface area contributed by atoms with Gasteiger partial charge in [-0.3, -0.25) is 9.59 Å². The van der Waals surface area contributed by atoms with Crippen LogP contribution < -0.4 is 5.32 Å². The monoisotopic (exact) mass is 378 g/mol. The lowest BCUT2D eigenvalue weighted by Crippen LogP contribution is -2.40. The van der Waals surface area contributed by atoms with Crippen molar-refractivity contribution in [3.05, 3.63) is 34.9 Å². The van der Waals surface area contributed by atoms with Crippen molar-refractivity contribution in [3.8, 4) is 0 Å². The van der Waals surface area contributed by atoms with Gasteiger partial charge in [-0.2, -0.15) is 0 Å². The van der Waals surface area contributed by atoms with Crippen LogP contribution in [0.15, 0.2) is 24.3 Å². The van der Waals surface area contributed by atoms with Crippen molar-refractivity contribution in [2.75, 3.05) is 13.1 Å². The number of nitrogens with one attached hydrogen (secondary N) is 1. The van der Waals surface area contributed by atoms with E-state index in [2.05, 4.69) is 19.2 Å². The topological polar surface area (TPSA) is 49.4 Å². The van der Waals surface area contributed by atoms with Gasteiger partial charge >= 0.3 is 0 Å². The maximum absolute atomic E-state index is 12.7. The number of hydrogen-bond donors (Lipinski definition) is 1. The first-order valence-corrected chi connectivity index (χ1v) is 10.2. The Morgan fingerprint density at radius 3 is 2.08 bits per heavy atom. The molecule has 2 rings (SSSR count). The SMILES string of the molecule is CCCN(CCC)C(=O)C1CCC(C(=O)NCc2ccc(Cl)cc2)CC1. The van der Waals surface area contributed by atoms with Crippen molar-refractivity contribution in [1.82, 2.24) is 10.2 Å². The second-order valence-corrected chi connectivity index (χ2v) is 7.65. The summed E-state index contributed by atoms with van der Waals surface area (Å²) in [5, 5.41) is 3.72. The summed E-state index contributed by atoms with van der Waals surface area (Å²) in [7, 11) is 0. The highest BCUT2D eigenvalue weighted by Gasteiger charge is 2.31. The molecule has 1 aliphatic rings. The van der Waals surface area contributed by atoms with Crippen molar-refractivity contribution in [2.45, 2.75) is 58.9 Å². The van der Waals surface area contributed by atoms with E-state index in [4.69, 9.17) is 11.6 Å². The van der Waals surface area contributed by atoms with Crippen LogP contribution in [0.2, 0.25) is 5.02 Å². The van der Waals surface area contributed by atoms with Gasteiger partial charge in [0.1, 0.15) is 0 Å². The molecule has 0 saturated heterocycles. The Morgan fingerprint density at radius 1 is 1.00 bits per heavy atom. The molecule has 1 fully saturated rings. The first-order valence-electron chi connectivity index (χ1n) is 9.86. The summed E-state index contributed by atoms with van der Waals surface area (Å²) in [6, 6.07) is 7.51. The lowest BCUT2D eigenvalue weighted by molar-refractivity contribution is -0.138. The smallest absolute Gasteiger partial charge is 0.225 e. The van der Waals surface area contributed by atoms with Gasteiger partial charge < -0.3 is 10.2 Å². The zero-order valence-electron chi connectivity index (χ0n) is 16.0. The van der Waals surface area contributed by atoms with Crippen LogP contribution in [-0.2, 0) is 16.1 Å². The minimum Gasteiger partial charge on any atom is -0.352 e. The third-order valence-electron chi connectivity index (χ3n) is 5.13. The van der Waals surface area contributed by atoms with Gasteiger partial charge in [0.15, 0.2) is 0 Å². The first kappa shape index (κ1) is 20.8. The number of halogens is 1. The van der Waals surface area contributed by atoms with Gasteiger partial charge in [-0.15, -0.1) is 0 Å². The van der Waals surface area contributed by atoms with Crippen LogP contribution in [0.3, 0.4) is 0 Å². The summed E-state index contributed by atoms with van der Waals surface area (Å²) < 4.78 is 0. The lowest BCUT2D eigenvalue weighted by Gasteiger charge is -2.31. The second-order valence-electron chi connectivity index (χ2n) is 7.22. The normalized spacial score (nSPS) is 19.8. The highest BCUT2D eigenvalue weighted by molar-refractivity contribution is 6.30. The van der Waals surface area contributed by atoms with Crippen LogP contribution in [0.5, 0.6) is 0 Å². The molecule has 0 bridgehead atoms. The Bertz CT molecular complexity index is 574. The molecule has 1 aliphatic carbocycles. The first-order chi connectivity index (χ1) is 12.5. The molecule has 26 heavy (non-hydrogen) atoms. The van der Waals surface area contributed by atoms with Crippen LogP contribution in [0.1, 0.15) is 57.9 Å². The molecule has 4 nitrogen and oxygen atoms in total. The zero-order chi connectivity index (χ0) is 18.9. The molecule has 0 aliphatic heterocycles. The average molecular weight is 379 g/mol. The lowest BCUT2D eigenvalue weighted by atomic mass is 9.81. The number of nitrogens with zero attached hydrogens (tertiary/aromatic N) is 1. The maximum Gasteiger partial charge on any atom is 0.225 e. The van der Waals surface area contributed by atoms with E-state index in [1.54, 1.807) is 0 Å². The van der Waals surface area contributed by atoms with Gasteiger partial charge in [-0.1, -0.05) is 37.6 Å². The molecule has 1 N–H and O–H groups in total. The number of hydrogen-bond acceptors (Lipinski definition) is 2. The molecule has 0 heterocycles. The molecular formula is C21H31ClN2O2. The Kier molecular flexibility index (Phi) is 8.43. The predicted octanol–water partition coefficient (Wildman–Crippen LogP) is 4.41. The van der Waals surface area contributed by atoms with Gasteiger partial charge in [0.2, 0.25) is 11.8 Å². The molecule has 1 aromatic rings. The molecule has 0 spiro atoms. The summed E-state index contributed by atoms with van der Waals surface area (Å²) in [5.41, 5.74) is 1.04. The summed E-state index contributed by atoms with van der Waals surface area (Å²) in [5.74, 6) is 0.504. The van der Waals surface area contributed by atoms with Crippen LogP contribution in [0, 0.1) is 11.8 Å². The highest BCUT2D eigenvalue weighted by Crippen LogP contribution is 2.30. The summed E-state index contributed by atoms with van der Waals surface area (Å²) >= 11 is 5.88. The third kappa shape index (κ3) is 6.01. The molecule has 2 amide bonds. The van der Waals surface area contributed by atoms with Crippen molar-refractivity contribution < 1.29 is 9.59 Å². The fourth-order valence-electron chi connectivity index (χ4n) is 3.67. The van der Waals surface area contributed by atoms with E-state index in [1.807, 2.05) is 29.2 Å². The van der Waals surface area contributed by atoms with Crippen LogP contribution in [0.25, 0.3) is 0 Å². The minimum atomic E-state index is 0.0251. The number of rotatable bonds is 8. The quantitative estimate of drug-likeness (QED) is 0.728. The van der Waals surface area contributed by atoms with Gasteiger partial charge in [-0.05, 0) is 56.2 Å². The Balaban J connectivity index is 1.78. The summed E-state index contributed by atoms with van der Waals surface area (Å²) in [4.78, 5) is 27.1. The van der Waals surface area contributed by atoms with Crippen molar-refractivity contribution in [3.63, 3.8) is 0 Å². The van der Waals surface area contributed by atoms with E-state index in [9.17, 15) is 9.59 Å². The summed E-state index contributed by atoms with van der Waals surface area (Å²) in [6.07, 6.45) is 5.23.